The van der Waals surface area contributed by atoms with Crippen molar-refractivity contribution in [3.05, 3.63) is 41.2 Å². The number of hydrogen-bond acceptors (Lipinski definition) is 5. The highest BCUT2D eigenvalue weighted by molar-refractivity contribution is 7.13. The molecule has 0 spiro atoms. The summed E-state index contributed by atoms with van der Waals surface area (Å²) in [7, 11) is 3.36. The van der Waals surface area contributed by atoms with Crippen molar-refractivity contribution >= 4 is 22.5 Å². The van der Waals surface area contributed by atoms with Gasteiger partial charge in [-0.05, 0) is 18.6 Å². The second-order valence-corrected chi connectivity index (χ2v) is 5.44. The van der Waals surface area contributed by atoms with Gasteiger partial charge in [0.2, 0.25) is 0 Å². The molecule has 0 fully saturated rings. The number of amides is 2. The minimum atomic E-state index is -0.204. The molecule has 2 heterocycles. The van der Waals surface area contributed by atoms with E-state index in [1.807, 2.05) is 24.4 Å². The topological polar surface area (TPSA) is 67.3 Å². The molecule has 0 bridgehead atoms. The maximum Gasteiger partial charge on any atom is 0.323 e. The fraction of sp³-hybridized carbons (Fsp3) is 0.357. The molecule has 0 unspecified atom stereocenters. The number of pyridine rings is 1. The van der Waals surface area contributed by atoms with Crippen LogP contribution in [0.4, 0.5) is 9.93 Å². The summed E-state index contributed by atoms with van der Waals surface area (Å²) in [5.74, 6) is 0. The molecule has 2 amide bonds. The average Bonchev–Trinajstić information content (AvgIpc) is 2.94. The standard InChI is InChI=1S/C14H18N4O2S/c1-10(11-5-4-6-15-7-11)18(2)14(19)17-13-16-12(8-20-3)9-21-13/h4-7,9-10H,8H2,1-3H3,(H,16,17,19)/t10-/m1/s1. The van der Waals surface area contributed by atoms with Crippen LogP contribution < -0.4 is 5.32 Å². The van der Waals surface area contributed by atoms with E-state index in [1.54, 1.807) is 31.5 Å². The van der Waals surface area contributed by atoms with E-state index < -0.39 is 0 Å². The van der Waals surface area contributed by atoms with Crippen LogP contribution in [0.15, 0.2) is 29.9 Å². The Labute approximate surface area is 127 Å². The molecule has 0 aromatic carbocycles. The van der Waals surface area contributed by atoms with Crippen molar-refractivity contribution in [3.8, 4) is 0 Å². The van der Waals surface area contributed by atoms with E-state index in [1.165, 1.54) is 11.3 Å². The number of ether oxygens (including phenoxy) is 1. The second-order valence-electron chi connectivity index (χ2n) is 4.58. The first-order valence-electron chi connectivity index (χ1n) is 6.49. The Kier molecular flexibility index (Phi) is 5.24. The van der Waals surface area contributed by atoms with Gasteiger partial charge in [-0.25, -0.2) is 9.78 Å². The number of nitrogens with one attached hydrogen (secondary N) is 1. The van der Waals surface area contributed by atoms with Crippen molar-refractivity contribution in [2.24, 2.45) is 0 Å². The van der Waals surface area contributed by atoms with Crippen LogP contribution in [0.5, 0.6) is 0 Å². The van der Waals surface area contributed by atoms with Gasteiger partial charge in [0.1, 0.15) is 0 Å². The first kappa shape index (κ1) is 15.4. The van der Waals surface area contributed by atoms with Crippen LogP contribution in [0.1, 0.15) is 24.2 Å². The van der Waals surface area contributed by atoms with Crippen LogP contribution in [-0.4, -0.2) is 35.1 Å². The highest BCUT2D eigenvalue weighted by Gasteiger charge is 2.18. The minimum Gasteiger partial charge on any atom is -0.378 e. The van der Waals surface area contributed by atoms with Gasteiger partial charge in [0.15, 0.2) is 5.13 Å². The molecule has 2 aromatic heterocycles. The molecule has 7 heteroatoms. The lowest BCUT2D eigenvalue weighted by molar-refractivity contribution is 0.182. The van der Waals surface area contributed by atoms with Crippen molar-refractivity contribution in [2.45, 2.75) is 19.6 Å². The van der Waals surface area contributed by atoms with E-state index in [0.717, 1.165) is 11.3 Å². The molecule has 21 heavy (non-hydrogen) atoms. The summed E-state index contributed by atoms with van der Waals surface area (Å²) in [6.45, 7) is 2.39. The minimum absolute atomic E-state index is 0.0721. The van der Waals surface area contributed by atoms with Crippen LogP contribution in [0.3, 0.4) is 0 Å². The fourth-order valence-corrected chi connectivity index (χ4v) is 2.47. The molecule has 0 saturated heterocycles. The van der Waals surface area contributed by atoms with E-state index in [4.69, 9.17) is 4.74 Å². The maximum atomic E-state index is 12.2. The normalized spacial score (nSPS) is 12.0. The van der Waals surface area contributed by atoms with E-state index >= 15 is 0 Å². The molecule has 0 aliphatic carbocycles. The summed E-state index contributed by atoms with van der Waals surface area (Å²) < 4.78 is 5.00. The molecule has 112 valence electrons. The predicted octanol–water partition coefficient (Wildman–Crippen LogP) is 2.91. The molecule has 0 aliphatic heterocycles. The third-order valence-electron chi connectivity index (χ3n) is 3.13. The van der Waals surface area contributed by atoms with Gasteiger partial charge in [-0.1, -0.05) is 6.07 Å². The molecule has 0 saturated carbocycles. The molecular formula is C14H18N4O2S. The molecule has 2 rings (SSSR count). The summed E-state index contributed by atoms with van der Waals surface area (Å²) in [4.78, 5) is 22.2. The highest BCUT2D eigenvalue weighted by Crippen LogP contribution is 2.20. The summed E-state index contributed by atoms with van der Waals surface area (Å²) >= 11 is 1.38. The molecule has 6 nitrogen and oxygen atoms in total. The van der Waals surface area contributed by atoms with Crippen molar-refractivity contribution in [3.63, 3.8) is 0 Å². The summed E-state index contributed by atoms with van der Waals surface area (Å²) in [6.07, 6.45) is 3.47. The Morgan fingerprint density at radius 1 is 1.57 bits per heavy atom. The lowest BCUT2D eigenvalue weighted by Gasteiger charge is -2.24. The monoisotopic (exact) mass is 306 g/mol. The van der Waals surface area contributed by atoms with Crippen LogP contribution >= 0.6 is 11.3 Å². The number of urea groups is 1. The zero-order valence-electron chi connectivity index (χ0n) is 12.2. The second kappa shape index (κ2) is 7.14. The number of aromatic nitrogens is 2. The predicted molar refractivity (Wildman–Crippen MR) is 82.3 cm³/mol. The van der Waals surface area contributed by atoms with Gasteiger partial charge >= 0.3 is 6.03 Å². The van der Waals surface area contributed by atoms with Gasteiger partial charge in [-0.15, -0.1) is 11.3 Å². The number of carbonyl (C=O) groups is 1. The zero-order valence-corrected chi connectivity index (χ0v) is 13.1. The SMILES string of the molecule is COCc1csc(NC(=O)N(C)[C@H](C)c2cccnc2)n1. The summed E-state index contributed by atoms with van der Waals surface area (Å²) in [5, 5.41) is 5.22. The van der Waals surface area contributed by atoms with E-state index in [9.17, 15) is 4.79 Å². The average molecular weight is 306 g/mol. The number of thiazole rings is 1. The van der Waals surface area contributed by atoms with Crippen molar-refractivity contribution in [1.82, 2.24) is 14.9 Å². The van der Waals surface area contributed by atoms with Gasteiger partial charge in [0.25, 0.3) is 0 Å². The lowest BCUT2D eigenvalue weighted by atomic mass is 10.1. The first-order chi connectivity index (χ1) is 10.1. The summed E-state index contributed by atoms with van der Waals surface area (Å²) in [6, 6.07) is 3.53. The Balaban J connectivity index is 1.98. The number of methoxy groups -OCH3 is 1. The fourth-order valence-electron chi connectivity index (χ4n) is 1.78. The van der Waals surface area contributed by atoms with Crippen molar-refractivity contribution in [2.75, 3.05) is 19.5 Å². The van der Waals surface area contributed by atoms with E-state index in [2.05, 4.69) is 15.3 Å². The van der Waals surface area contributed by atoms with E-state index in [0.29, 0.717) is 11.7 Å². The smallest absolute Gasteiger partial charge is 0.323 e. The highest BCUT2D eigenvalue weighted by atomic mass is 32.1. The molecular weight excluding hydrogens is 288 g/mol. The maximum absolute atomic E-state index is 12.2. The molecule has 2 aromatic rings. The molecule has 0 radical (unpaired) electrons. The Morgan fingerprint density at radius 2 is 2.38 bits per heavy atom. The van der Waals surface area contributed by atoms with Crippen LogP contribution in [0.2, 0.25) is 0 Å². The van der Waals surface area contributed by atoms with Crippen molar-refractivity contribution in [1.29, 1.82) is 0 Å². The Bertz CT molecular complexity index is 588. The van der Waals surface area contributed by atoms with Gasteiger partial charge in [0, 0.05) is 31.9 Å². The third kappa shape index (κ3) is 3.99. The van der Waals surface area contributed by atoms with Crippen LogP contribution in [0.25, 0.3) is 0 Å². The summed E-state index contributed by atoms with van der Waals surface area (Å²) in [5.41, 5.74) is 1.79. The van der Waals surface area contributed by atoms with Crippen LogP contribution in [0, 0.1) is 0 Å². The molecule has 1 atom stereocenters. The van der Waals surface area contributed by atoms with Gasteiger partial charge in [-0.3, -0.25) is 10.3 Å². The number of carbonyl (C=O) groups excluding carboxylic acids is 1. The largest absolute Gasteiger partial charge is 0.378 e. The van der Waals surface area contributed by atoms with Crippen LogP contribution in [-0.2, 0) is 11.3 Å². The quantitative estimate of drug-likeness (QED) is 0.922. The Morgan fingerprint density at radius 3 is 3.05 bits per heavy atom. The molecule has 0 aliphatic rings. The lowest BCUT2D eigenvalue weighted by Crippen LogP contribution is -2.33. The van der Waals surface area contributed by atoms with E-state index in [-0.39, 0.29) is 12.1 Å². The number of anilines is 1. The van der Waals surface area contributed by atoms with Crippen molar-refractivity contribution < 1.29 is 9.53 Å². The number of rotatable bonds is 5. The van der Waals surface area contributed by atoms with Gasteiger partial charge in [-0.2, -0.15) is 0 Å². The number of nitrogens with zero attached hydrogens (tertiary/aromatic N) is 3. The molecule has 1 N–H and O–H groups in total. The first-order valence-corrected chi connectivity index (χ1v) is 7.37. The van der Waals surface area contributed by atoms with Gasteiger partial charge in [0.05, 0.1) is 18.3 Å². The zero-order chi connectivity index (χ0) is 15.2. The number of hydrogen-bond donors (Lipinski definition) is 1. The third-order valence-corrected chi connectivity index (χ3v) is 3.93. The van der Waals surface area contributed by atoms with Gasteiger partial charge < -0.3 is 9.64 Å². The Hall–Kier alpha value is -1.99.